The molecule has 0 unspecified atom stereocenters. The molecule has 4 aromatic rings. The second-order valence-electron chi connectivity index (χ2n) is 5.82. The minimum absolute atomic E-state index is 0.147. The van der Waals surface area contributed by atoms with E-state index in [1.54, 1.807) is 48.5 Å². The van der Waals surface area contributed by atoms with Crippen molar-refractivity contribution >= 4 is 22.8 Å². The number of amides is 1. The quantitative estimate of drug-likeness (QED) is 0.587. The summed E-state index contributed by atoms with van der Waals surface area (Å²) in [6.45, 7) is 0. The number of para-hydroxylation sites is 1. The highest BCUT2D eigenvalue weighted by molar-refractivity contribution is 6.05. The topological polar surface area (TPSA) is 59.3 Å². The summed E-state index contributed by atoms with van der Waals surface area (Å²) in [6, 6.07) is 25.0. The predicted molar refractivity (Wildman–Crippen MR) is 102 cm³/mol. The minimum atomic E-state index is -0.332. The summed E-state index contributed by atoms with van der Waals surface area (Å²) in [5.41, 5.74) is 1.77. The van der Waals surface area contributed by atoms with E-state index in [0.717, 1.165) is 0 Å². The molecule has 0 atom stereocenters. The van der Waals surface area contributed by atoms with Crippen molar-refractivity contribution in [1.29, 1.82) is 0 Å². The van der Waals surface area contributed by atoms with Crippen LogP contribution in [0.4, 0.5) is 5.88 Å². The predicted octanol–water partition coefficient (Wildman–Crippen LogP) is 4.71. The van der Waals surface area contributed by atoms with Crippen LogP contribution in [0.15, 0.2) is 94.1 Å². The third-order valence-corrected chi connectivity index (χ3v) is 4.12. The zero-order valence-electron chi connectivity index (χ0n) is 13.8. The zero-order valence-corrected chi connectivity index (χ0v) is 13.8. The molecule has 1 aromatic heterocycles. The normalized spacial score (nSPS) is 10.6. The van der Waals surface area contributed by atoms with Gasteiger partial charge < -0.3 is 4.42 Å². The van der Waals surface area contributed by atoms with E-state index in [-0.39, 0.29) is 17.2 Å². The second-order valence-corrected chi connectivity index (χ2v) is 5.82. The standard InChI is InChI=1S/C22H15NO3/c24-20-17-13-7-8-14-18(17)26-22(19(20)15-9-3-1-4-10-15)23-21(25)16-11-5-2-6-12-16/h1-14H,(H,23,25). The van der Waals surface area contributed by atoms with Gasteiger partial charge in [0.25, 0.3) is 5.91 Å². The first-order valence-corrected chi connectivity index (χ1v) is 8.22. The smallest absolute Gasteiger partial charge is 0.257 e. The number of hydrogen-bond donors (Lipinski definition) is 1. The van der Waals surface area contributed by atoms with Crippen LogP contribution < -0.4 is 10.7 Å². The Labute approximate surface area is 149 Å². The maximum absolute atomic E-state index is 13.1. The number of fused-ring (bicyclic) bond motifs is 1. The third-order valence-electron chi connectivity index (χ3n) is 4.12. The third kappa shape index (κ3) is 2.89. The number of carbonyl (C=O) groups is 1. The monoisotopic (exact) mass is 341 g/mol. The second kappa shape index (κ2) is 6.69. The van der Waals surface area contributed by atoms with E-state index in [4.69, 9.17) is 4.42 Å². The van der Waals surface area contributed by atoms with Gasteiger partial charge in [-0.3, -0.25) is 14.9 Å². The number of hydrogen-bond acceptors (Lipinski definition) is 3. The minimum Gasteiger partial charge on any atom is -0.439 e. The Bertz CT molecular complexity index is 1130. The number of rotatable bonds is 3. The van der Waals surface area contributed by atoms with Crippen molar-refractivity contribution in [3.63, 3.8) is 0 Å². The van der Waals surface area contributed by atoms with Crippen LogP contribution in [0.2, 0.25) is 0 Å². The molecule has 1 amide bonds. The molecule has 4 nitrogen and oxygen atoms in total. The van der Waals surface area contributed by atoms with Gasteiger partial charge in [-0.05, 0) is 29.8 Å². The van der Waals surface area contributed by atoms with Crippen LogP contribution in [-0.4, -0.2) is 5.91 Å². The van der Waals surface area contributed by atoms with Crippen molar-refractivity contribution in [2.75, 3.05) is 5.32 Å². The molecule has 0 fully saturated rings. The van der Waals surface area contributed by atoms with E-state index in [1.165, 1.54) is 0 Å². The summed E-state index contributed by atoms with van der Waals surface area (Å²) in [7, 11) is 0. The molecular formula is C22H15NO3. The highest BCUT2D eigenvalue weighted by Crippen LogP contribution is 2.28. The molecule has 0 bridgehead atoms. The van der Waals surface area contributed by atoms with Crippen molar-refractivity contribution in [3.05, 3.63) is 101 Å². The number of benzene rings is 3. The molecule has 0 spiro atoms. The molecular weight excluding hydrogens is 326 g/mol. The van der Waals surface area contributed by atoms with Gasteiger partial charge in [0.2, 0.25) is 11.3 Å². The molecule has 4 heteroatoms. The molecule has 0 radical (unpaired) electrons. The van der Waals surface area contributed by atoms with Crippen LogP contribution in [0, 0.1) is 0 Å². The summed E-state index contributed by atoms with van der Waals surface area (Å²) >= 11 is 0. The Kier molecular flexibility index (Phi) is 4.07. The SMILES string of the molecule is O=C(Nc1oc2ccccc2c(=O)c1-c1ccccc1)c1ccccc1. The van der Waals surface area contributed by atoms with Crippen molar-refractivity contribution in [3.8, 4) is 11.1 Å². The number of anilines is 1. The van der Waals surface area contributed by atoms with E-state index in [2.05, 4.69) is 5.32 Å². The van der Waals surface area contributed by atoms with Crippen molar-refractivity contribution < 1.29 is 9.21 Å². The molecule has 0 aliphatic carbocycles. The fourth-order valence-electron chi connectivity index (χ4n) is 2.86. The lowest BCUT2D eigenvalue weighted by Gasteiger charge is -2.11. The van der Waals surface area contributed by atoms with Gasteiger partial charge in [-0.1, -0.05) is 60.7 Å². The Morgan fingerprint density at radius 1 is 0.769 bits per heavy atom. The van der Waals surface area contributed by atoms with E-state index in [1.807, 2.05) is 36.4 Å². The van der Waals surface area contributed by atoms with Crippen LogP contribution in [0.25, 0.3) is 22.1 Å². The van der Waals surface area contributed by atoms with E-state index in [0.29, 0.717) is 27.7 Å². The van der Waals surface area contributed by atoms with E-state index < -0.39 is 0 Å². The first-order chi connectivity index (χ1) is 12.7. The summed E-state index contributed by atoms with van der Waals surface area (Å²) < 4.78 is 5.89. The maximum Gasteiger partial charge on any atom is 0.257 e. The van der Waals surface area contributed by atoms with Gasteiger partial charge in [0.1, 0.15) is 5.58 Å². The first kappa shape index (κ1) is 15.8. The average molecular weight is 341 g/mol. The molecule has 0 aliphatic heterocycles. The first-order valence-electron chi connectivity index (χ1n) is 8.22. The van der Waals surface area contributed by atoms with Gasteiger partial charge in [0.15, 0.2) is 0 Å². The fourth-order valence-corrected chi connectivity index (χ4v) is 2.86. The van der Waals surface area contributed by atoms with Gasteiger partial charge in [-0.25, -0.2) is 0 Å². The van der Waals surface area contributed by atoms with Gasteiger partial charge in [-0.2, -0.15) is 0 Å². The summed E-state index contributed by atoms with van der Waals surface area (Å²) in [5, 5.41) is 3.23. The molecule has 0 aliphatic rings. The van der Waals surface area contributed by atoms with Crippen molar-refractivity contribution in [2.24, 2.45) is 0 Å². The lowest BCUT2D eigenvalue weighted by Crippen LogP contribution is -2.16. The molecule has 3 aromatic carbocycles. The molecule has 1 N–H and O–H groups in total. The molecule has 0 saturated heterocycles. The number of nitrogens with one attached hydrogen (secondary N) is 1. The highest BCUT2D eigenvalue weighted by Gasteiger charge is 2.18. The lowest BCUT2D eigenvalue weighted by atomic mass is 10.0. The Morgan fingerprint density at radius 2 is 1.38 bits per heavy atom. The van der Waals surface area contributed by atoms with Gasteiger partial charge in [0.05, 0.1) is 10.9 Å². The Balaban J connectivity index is 1.90. The van der Waals surface area contributed by atoms with Crippen LogP contribution >= 0.6 is 0 Å². The summed E-state index contributed by atoms with van der Waals surface area (Å²) in [6.07, 6.45) is 0. The Hall–Kier alpha value is -3.66. The maximum atomic E-state index is 13.1. The lowest BCUT2D eigenvalue weighted by molar-refractivity contribution is 0.102. The fraction of sp³-hybridized carbons (Fsp3) is 0. The van der Waals surface area contributed by atoms with E-state index in [9.17, 15) is 9.59 Å². The number of carbonyl (C=O) groups excluding carboxylic acids is 1. The molecule has 4 rings (SSSR count). The highest BCUT2D eigenvalue weighted by atomic mass is 16.4. The van der Waals surface area contributed by atoms with Crippen molar-refractivity contribution in [2.45, 2.75) is 0 Å². The Morgan fingerprint density at radius 3 is 2.12 bits per heavy atom. The van der Waals surface area contributed by atoms with Crippen LogP contribution in [0.5, 0.6) is 0 Å². The molecule has 0 saturated carbocycles. The van der Waals surface area contributed by atoms with Gasteiger partial charge in [0, 0.05) is 5.56 Å². The summed E-state index contributed by atoms with van der Waals surface area (Å²) in [5.74, 6) is -0.185. The van der Waals surface area contributed by atoms with E-state index >= 15 is 0 Å². The molecule has 126 valence electrons. The molecule has 1 heterocycles. The summed E-state index contributed by atoms with van der Waals surface area (Å²) in [4.78, 5) is 25.6. The molecule has 26 heavy (non-hydrogen) atoms. The zero-order chi connectivity index (χ0) is 17.9. The van der Waals surface area contributed by atoms with Gasteiger partial charge >= 0.3 is 0 Å². The van der Waals surface area contributed by atoms with Crippen molar-refractivity contribution in [1.82, 2.24) is 0 Å². The average Bonchev–Trinajstić information content (AvgIpc) is 2.69. The van der Waals surface area contributed by atoms with Crippen LogP contribution in [0.1, 0.15) is 10.4 Å². The largest absolute Gasteiger partial charge is 0.439 e. The van der Waals surface area contributed by atoms with Crippen LogP contribution in [0.3, 0.4) is 0 Å². The van der Waals surface area contributed by atoms with Crippen LogP contribution in [-0.2, 0) is 0 Å². The van der Waals surface area contributed by atoms with Gasteiger partial charge in [-0.15, -0.1) is 0 Å².